The molecule has 4 nitrogen and oxygen atoms in total. The molecule has 1 heterocycles. The zero-order chi connectivity index (χ0) is 15.7. The normalized spacial score (nSPS) is 20.6. The van der Waals surface area contributed by atoms with Crippen LogP contribution < -0.4 is 5.32 Å². The van der Waals surface area contributed by atoms with E-state index >= 15 is 0 Å². The second-order valence-corrected chi connectivity index (χ2v) is 8.18. The molecular formula is C16H26N2O2S. The molecule has 1 unspecified atom stereocenters. The van der Waals surface area contributed by atoms with Gasteiger partial charge in [-0.15, -0.1) is 0 Å². The van der Waals surface area contributed by atoms with Gasteiger partial charge in [0.1, 0.15) is 0 Å². The fourth-order valence-corrected chi connectivity index (χ4v) is 5.06. The maximum Gasteiger partial charge on any atom is 0.243 e. The zero-order valence-electron chi connectivity index (χ0n) is 13.4. The molecule has 118 valence electrons. The first-order valence-corrected chi connectivity index (χ1v) is 9.07. The molecule has 0 saturated carbocycles. The predicted octanol–water partition coefficient (Wildman–Crippen LogP) is 2.92. The van der Waals surface area contributed by atoms with Gasteiger partial charge in [0.2, 0.25) is 10.0 Å². The molecule has 0 amide bonds. The Kier molecular flexibility index (Phi) is 4.76. The Morgan fingerprint density at radius 2 is 2.10 bits per heavy atom. The van der Waals surface area contributed by atoms with Gasteiger partial charge in [0.05, 0.1) is 4.90 Å². The monoisotopic (exact) mass is 310 g/mol. The standard InChI is InChI=1S/C16H26N2O2S/c1-5-15(17-4)13-8-6-9-14(12-13)21(19,20)18-11-7-10-16(18,2)3/h6,8-9,12,15,17H,5,7,10-11H2,1-4H3. The van der Waals surface area contributed by atoms with Crippen molar-refractivity contribution in [3.8, 4) is 0 Å². The first-order valence-electron chi connectivity index (χ1n) is 7.63. The van der Waals surface area contributed by atoms with Crippen LogP contribution in [0.15, 0.2) is 29.2 Å². The number of sulfonamides is 1. The van der Waals surface area contributed by atoms with Crippen LogP contribution in [0.25, 0.3) is 0 Å². The van der Waals surface area contributed by atoms with Crippen LogP contribution in [0.4, 0.5) is 0 Å². The third-order valence-corrected chi connectivity index (χ3v) is 6.54. The maximum atomic E-state index is 12.9. The van der Waals surface area contributed by atoms with Crippen LogP contribution in [0.3, 0.4) is 0 Å². The molecule has 0 aliphatic carbocycles. The van der Waals surface area contributed by atoms with Crippen LogP contribution in [-0.2, 0) is 10.0 Å². The van der Waals surface area contributed by atoms with Crippen LogP contribution in [0.2, 0.25) is 0 Å². The van der Waals surface area contributed by atoms with Gasteiger partial charge in [-0.3, -0.25) is 0 Å². The largest absolute Gasteiger partial charge is 0.313 e. The molecule has 1 atom stereocenters. The van der Waals surface area contributed by atoms with Crippen LogP contribution in [-0.4, -0.2) is 31.9 Å². The molecule has 5 heteroatoms. The predicted molar refractivity (Wildman–Crippen MR) is 85.7 cm³/mol. The minimum Gasteiger partial charge on any atom is -0.313 e. The first kappa shape index (κ1) is 16.5. The Morgan fingerprint density at radius 1 is 1.38 bits per heavy atom. The van der Waals surface area contributed by atoms with Crippen molar-refractivity contribution < 1.29 is 8.42 Å². The van der Waals surface area contributed by atoms with Crippen molar-refractivity contribution in [2.75, 3.05) is 13.6 Å². The fraction of sp³-hybridized carbons (Fsp3) is 0.625. The highest BCUT2D eigenvalue weighted by atomic mass is 32.2. The summed E-state index contributed by atoms with van der Waals surface area (Å²) in [6, 6.07) is 7.53. The summed E-state index contributed by atoms with van der Waals surface area (Å²) in [5.74, 6) is 0. The van der Waals surface area contributed by atoms with Crippen molar-refractivity contribution in [1.29, 1.82) is 0 Å². The highest BCUT2D eigenvalue weighted by Crippen LogP contribution is 2.34. The lowest BCUT2D eigenvalue weighted by atomic mass is 10.0. The van der Waals surface area contributed by atoms with E-state index in [-0.39, 0.29) is 11.6 Å². The molecule has 21 heavy (non-hydrogen) atoms. The molecule has 1 aromatic rings. The van der Waals surface area contributed by atoms with Gasteiger partial charge < -0.3 is 5.32 Å². The van der Waals surface area contributed by atoms with Gasteiger partial charge in [0, 0.05) is 18.1 Å². The van der Waals surface area contributed by atoms with Gasteiger partial charge in [0.25, 0.3) is 0 Å². The number of hydrogen-bond donors (Lipinski definition) is 1. The number of rotatable bonds is 5. The minimum absolute atomic E-state index is 0.187. The Hall–Kier alpha value is -0.910. The Labute approximate surface area is 128 Å². The van der Waals surface area contributed by atoms with E-state index < -0.39 is 10.0 Å². The van der Waals surface area contributed by atoms with Crippen LogP contribution in [0, 0.1) is 0 Å². The van der Waals surface area contributed by atoms with Crippen LogP contribution >= 0.6 is 0 Å². The van der Waals surface area contributed by atoms with E-state index in [4.69, 9.17) is 0 Å². The smallest absolute Gasteiger partial charge is 0.243 e. The highest BCUT2D eigenvalue weighted by Gasteiger charge is 2.40. The summed E-state index contributed by atoms with van der Waals surface area (Å²) in [4.78, 5) is 0.406. The Morgan fingerprint density at radius 3 is 2.62 bits per heavy atom. The molecule has 2 rings (SSSR count). The lowest BCUT2D eigenvalue weighted by Gasteiger charge is -2.30. The molecule has 1 N–H and O–H groups in total. The van der Waals surface area contributed by atoms with E-state index in [0.717, 1.165) is 24.8 Å². The Balaban J connectivity index is 2.39. The topological polar surface area (TPSA) is 49.4 Å². The third kappa shape index (κ3) is 3.15. The van der Waals surface area contributed by atoms with Crippen molar-refractivity contribution in [2.45, 2.75) is 56.5 Å². The van der Waals surface area contributed by atoms with Crippen LogP contribution in [0.1, 0.15) is 51.6 Å². The SMILES string of the molecule is CCC(NC)c1cccc(S(=O)(=O)N2CCCC2(C)C)c1. The van der Waals surface area contributed by atoms with Crippen molar-refractivity contribution in [1.82, 2.24) is 9.62 Å². The average molecular weight is 310 g/mol. The number of nitrogens with one attached hydrogen (secondary N) is 1. The lowest BCUT2D eigenvalue weighted by Crippen LogP contribution is -2.42. The van der Waals surface area contributed by atoms with Gasteiger partial charge in [-0.2, -0.15) is 4.31 Å². The van der Waals surface area contributed by atoms with E-state index in [1.165, 1.54) is 0 Å². The maximum absolute atomic E-state index is 12.9. The molecular weight excluding hydrogens is 284 g/mol. The summed E-state index contributed by atoms with van der Waals surface area (Å²) in [5, 5.41) is 3.22. The van der Waals surface area contributed by atoms with Gasteiger partial charge in [-0.1, -0.05) is 19.1 Å². The van der Waals surface area contributed by atoms with Crippen molar-refractivity contribution in [3.05, 3.63) is 29.8 Å². The quantitative estimate of drug-likeness (QED) is 0.909. The average Bonchev–Trinajstić information content (AvgIpc) is 2.81. The molecule has 1 aliphatic heterocycles. The number of nitrogens with zero attached hydrogens (tertiary/aromatic N) is 1. The van der Waals surface area contributed by atoms with Gasteiger partial charge in [-0.05, 0) is 57.9 Å². The van der Waals surface area contributed by atoms with Crippen molar-refractivity contribution >= 4 is 10.0 Å². The minimum atomic E-state index is -3.41. The van der Waals surface area contributed by atoms with E-state index in [9.17, 15) is 8.42 Å². The summed E-state index contributed by atoms with van der Waals surface area (Å²) in [6.45, 7) is 6.71. The number of benzene rings is 1. The molecule has 0 bridgehead atoms. The molecule has 1 aliphatic rings. The van der Waals surface area contributed by atoms with Crippen LogP contribution in [0.5, 0.6) is 0 Å². The van der Waals surface area contributed by atoms with E-state index in [2.05, 4.69) is 12.2 Å². The second-order valence-electron chi connectivity index (χ2n) is 6.32. The van der Waals surface area contributed by atoms with Crippen molar-refractivity contribution in [3.63, 3.8) is 0 Å². The summed E-state index contributed by atoms with van der Waals surface area (Å²) in [5.41, 5.74) is 0.736. The molecule has 1 saturated heterocycles. The molecule has 0 aromatic heterocycles. The first-order chi connectivity index (χ1) is 9.82. The fourth-order valence-electron chi connectivity index (χ4n) is 3.15. The van der Waals surface area contributed by atoms with Gasteiger partial charge >= 0.3 is 0 Å². The second kappa shape index (κ2) is 6.07. The van der Waals surface area contributed by atoms with Gasteiger partial charge in [0.15, 0.2) is 0 Å². The summed E-state index contributed by atoms with van der Waals surface area (Å²) in [7, 11) is -1.51. The molecule has 0 spiro atoms. The summed E-state index contributed by atoms with van der Waals surface area (Å²) < 4.78 is 27.5. The lowest BCUT2D eigenvalue weighted by molar-refractivity contribution is 0.291. The van der Waals surface area contributed by atoms with Gasteiger partial charge in [-0.25, -0.2) is 8.42 Å². The van der Waals surface area contributed by atoms with E-state index in [1.54, 1.807) is 10.4 Å². The zero-order valence-corrected chi connectivity index (χ0v) is 14.2. The van der Waals surface area contributed by atoms with E-state index in [0.29, 0.717) is 11.4 Å². The number of hydrogen-bond acceptors (Lipinski definition) is 3. The Bertz CT molecular complexity index is 592. The van der Waals surface area contributed by atoms with Crippen molar-refractivity contribution in [2.24, 2.45) is 0 Å². The highest BCUT2D eigenvalue weighted by molar-refractivity contribution is 7.89. The third-order valence-electron chi connectivity index (χ3n) is 4.43. The molecule has 1 fully saturated rings. The molecule has 1 aromatic carbocycles. The van der Waals surface area contributed by atoms with E-state index in [1.807, 2.05) is 39.1 Å². The summed E-state index contributed by atoms with van der Waals surface area (Å²) in [6.07, 6.45) is 2.77. The molecule has 0 radical (unpaired) electrons. The summed E-state index contributed by atoms with van der Waals surface area (Å²) >= 11 is 0.